The van der Waals surface area contributed by atoms with Gasteiger partial charge in [0.05, 0.1) is 5.39 Å². The van der Waals surface area contributed by atoms with Crippen molar-refractivity contribution in [3.05, 3.63) is 72.6 Å². The quantitative estimate of drug-likeness (QED) is 0.352. The van der Waals surface area contributed by atoms with Gasteiger partial charge < -0.3 is 25.2 Å². The van der Waals surface area contributed by atoms with Gasteiger partial charge in [0.15, 0.2) is 0 Å². The lowest BCUT2D eigenvalue weighted by molar-refractivity contribution is -0.111. The first-order chi connectivity index (χ1) is 17.1. The van der Waals surface area contributed by atoms with Crippen molar-refractivity contribution in [1.82, 2.24) is 14.9 Å². The fourth-order valence-corrected chi connectivity index (χ4v) is 4.61. The summed E-state index contributed by atoms with van der Waals surface area (Å²) in [7, 11) is 2.16. The summed E-state index contributed by atoms with van der Waals surface area (Å²) in [6.07, 6.45) is 1.22. The molecule has 2 aromatic heterocycles. The minimum absolute atomic E-state index is 0.283. The molecule has 1 fully saturated rings. The minimum atomic E-state index is -0.283. The van der Waals surface area contributed by atoms with Crippen LogP contribution in [0.25, 0.3) is 10.2 Å². The van der Waals surface area contributed by atoms with Gasteiger partial charge in [-0.15, -0.1) is 11.3 Å². The van der Waals surface area contributed by atoms with E-state index in [1.54, 1.807) is 18.2 Å². The monoisotopic (exact) mass is 486 g/mol. The van der Waals surface area contributed by atoms with Gasteiger partial charge in [-0.05, 0) is 61.0 Å². The van der Waals surface area contributed by atoms with E-state index in [0.717, 1.165) is 42.1 Å². The number of benzene rings is 2. The first-order valence-corrected chi connectivity index (χ1v) is 12.2. The molecule has 35 heavy (non-hydrogen) atoms. The molecule has 0 spiro atoms. The summed E-state index contributed by atoms with van der Waals surface area (Å²) in [6.45, 7) is 7.68. The minimum Gasteiger partial charge on any atom is -0.438 e. The third-order valence-corrected chi connectivity index (χ3v) is 6.59. The molecule has 1 aliphatic rings. The molecule has 5 rings (SSSR count). The van der Waals surface area contributed by atoms with E-state index in [-0.39, 0.29) is 5.91 Å². The highest BCUT2D eigenvalue weighted by atomic mass is 32.1. The normalized spacial score (nSPS) is 14.0. The van der Waals surface area contributed by atoms with Crippen LogP contribution in [-0.2, 0) is 4.79 Å². The van der Waals surface area contributed by atoms with Crippen LogP contribution in [-0.4, -0.2) is 54.0 Å². The van der Waals surface area contributed by atoms with Crippen molar-refractivity contribution in [2.24, 2.45) is 0 Å². The van der Waals surface area contributed by atoms with Crippen molar-refractivity contribution in [3.63, 3.8) is 0 Å². The second-order valence-electron chi connectivity index (χ2n) is 8.28. The number of anilines is 4. The fourth-order valence-electron chi connectivity index (χ4n) is 3.85. The molecular weight excluding hydrogens is 460 g/mol. The van der Waals surface area contributed by atoms with Gasteiger partial charge in [-0.25, -0.2) is 4.98 Å². The Labute approximate surface area is 207 Å². The number of hydrogen-bond acceptors (Lipinski definition) is 8. The van der Waals surface area contributed by atoms with E-state index in [0.29, 0.717) is 23.3 Å². The van der Waals surface area contributed by atoms with Crippen LogP contribution < -0.4 is 20.3 Å². The van der Waals surface area contributed by atoms with Gasteiger partial charge in [-0.2, -0.15) is 4.98 Å². The van der Waals surface area contributed by atoms with Crippen LogP contribution in [0.1, 0.15) is 0 Å². The molecule has 9 heteroatoms. The summed E-state index contributed by atoms with van der Waals surface area (Å²) in [5.41, 5.74) is 2.73. The lowest BCUT2D eigenvalue weighted by Gasteiger charge is -2.34. The van der Waals surface area contributed by atoms with E-state index in [1.807, 2.05) is 29.6 Å². The zero-order chi connectivity index (χ0) is 24.2. The maximum atomic E-state index is 11.6. The summed E-state index contributed by atoms with van der Waals surface area (Å²) in [4.78, 5) is 26.5. The van der Waals surface area contributed by atoms with E-state index in [2.05, 4.69) is 56.2 Å². The Kier molecular flexibility index (Phi) is 6.60. The number of piperazine rings is 1. The Balaban J connectivity index is 1.35. The van der Waals surface area contributed by atoms with Crippen molar-refractivity contribution in [3.8, 4) is 11.6 Å². The molecule has 0 radical (unpaired) electrons. The Morgan fingerprint density at radius 1 is 1.06 bits per heavy atom. The first-order valence-electron chi connectivity index (χ1n) is 11.3. The van der Waals surface area contributed by atoms with E-state index in [4.69, 9.17) is 4.74 Å². The van der Waals surface area contributed by atoms with Crippen molar-refractivity contribution in [2.45, 2.75) is 0 Å². The molecular formula is C26H26N6O2S. The second kappa shape index (κ2) is 10.1. The Hall–Kier alpha value is -3.95. The number of thiophene rings is 1. The molecule has 1 amide bonds. The summed E-state index contributed by atoms with van der Waals surface area (Å²) in [6, 6.07) is 17.4. The molecule has 1 aliphatic heterocycles. The number of ether oxygens (including phenoxy) is 1. The van der Waals surface area contributed by atoms with Crippen molar-refractivity contribution < 1.29 is 9.53 Å². The van der Waals surface area contributed by atoms with Crippen LogP contribution >= 0.6 is 11.3 Å². The van der Waals surface area contributed by atoms with E-state index in [1.165, 1.54) is 23.1 Å². The standard InChI is InChI=1S/C26H26N6O2S/c1-3-23(33)27-19-5-4-6-21(17-19)34-24-22-11-16-35-25(22)30-26(29-24)28-18-7-9-20(10-8-18)32-14-12-31(2)13-15-32/h3-11,16-17H,1,12-15H2,2H3,(H,27,33)(H,28,29,30). The van der Waals surface area contributed by atoms with Crippen molar-refractivity contribution in [2.75, 3.05) is 48.8 Å². The number of nitrogens with zero attached hydrogens (tertiary/aromatic N) is 4. The number of amides is 1. The number of rotatable bonds is 7. The number of likely N-dealkylation sites (N-methyl/N-ethyl adjacent to an activating group) is 1. The number of nitrogens with one attached hydrogen (secondary N) is 2. The third-order valence-electron chi connectivity index (χ3n) is 5.78. The average molecular weight is 487 g/mol. The first kappa shape index (κ1) is 22.8. The molecule has 178 valence electrons. The number of hydrogen-bond donors (Lipinski definition) is 2. The maximum absolute atomic E-state index is 11.6. The van der Waals surface area contributed by atoms with Gasteiger partial charge in [0, 0.05) is 49.3 Å². The van der Waals surface area contributed by atoms with Crippen LogP contribution in [0, 0.1) is 0 Å². The number of fused-ring (bicyclic) bond motifs is 1. The smallest absolute Gasteiger partial charge is 0.247 e. The highest BCUT2D eigenvalue weighted by molar-refractivity contribution is 7.16. The number of aromatic nitrogens is 2. The third kappa shape index (κ3) is 5.42. The summed E-state index contributed by atoms with van der Waals surface area (Å²) in [5, 5.41) is 8.83. The van der Waals surface area contributed by atoms with E-state index >= 15 is 0 Å². The fraction of sp³-hybridized carbons (Fsp3) is 0.192. The molecule has 4 aromatic rings. The molecule has 0 saturated carbocycles. The molecule has 1 saturated heterocycles. The lowest BCUT2D eigenvalue weighted by Crippen LogP contribution is -2.44. The summed E-state index contributed by atoms with van der Waals surface area (Å²) >= 11 is 1.52. The Bertz CT molecular complexity index is 1350. The van der Waals surface area contributed by atoms with Crippen LogP contribution in [0.5, 0.6) is 11.6 Å². The van der Waals surface area contributed by atoms with Crippen LogP contribution in [0.15, 0.2) is 72.6 Å². The van der Waals surface area contributed by atoms with Crippen LogP contribution in [0.4, 0.5) is 23.0 Å². The largest absolute Gasteiger partial charge is 0.438 e. The molecule has 0 aliphatic carbocycles. The van der Waals surface area contributed by atoms with Crippen LogP contribution in [0.2, 0.25) is 0 Å². The molecule has 0 atom stereocenters. The van der Waals surface area contributed by atoms with Crippen molar-refractivity contribution in [1.29, 1.82) is 0 Å². The molecule has 2 aromatic carbocycles. The van der Waals surface area contributed by atoms with Gasteiger partial charge in [0.2, 0.25) is 17.7 Å². The molecule has 0 unspecified atom stereocenters. The Morgan fingerprint density at radius 3 is 2.63 bits per heavy atom. The predicted molar refractivity (Wildman–Crippen MR) is 142 cm³/mol. The molecule has 8 nitrogen and oxygen atoms in total. The van der Waals surface area contributed by atoms with Gasteiger partial charge in [0.1, 0.15) is 10.6 Å². The molecule has 0 bridgehead atoms. The van der Waals surface area contributed by atoms with Crippen LogP contribution in [0.3, 0.4) is 0 Å². The second-order valence-corrected chi connectivity index (χ2v) is 9.17. The highest BCUT2D eigenvalue weighted by Crippen LogP contribution is 2.33. The predicted octanol–water partition coefficient (Wildman–Crippen LogP) is 5.10. The van der Waals surface area contributed by atoms with E-state index < -0.39 is 0 Å². The maximum Gasteiger partial charge on any atom is 0.247 e. The van der Waals surface area contributed by atoms with Crippen molar-refractivity contribution >= 4 is 50.5 Å². The highest BCUT2D eigenvalue weighted by Gasteiger charge is 2.15. The van der Waals surface area contributed by atoms with E-state index in [9.17, 15) is 4.79 Å². The van der Waals surface area contributed by atoms with Gasteiger partial charge in [-0.1, -0.05) is 12.6 Å². The zero-order valence-electron chi connectivity index (χ0n) is 19.4. The van der Waals surface area contributed by atoms with Gasteiger partial charge in [0.25, 0.3) is 0 Å². The average Bonchev–Trinajstić information content (AvgIpc) is 3.34. The Morgan fingerprint density at radius 2 is 1.86 bits per heavy atom. The number of carbonyl (C=O) groups excluding carboxylic acids is 1. The SMILES string of the molecule is C=CC(=O)Nc1cccc(Oc2nc(Nc3ccc(N4CCN(C)CC4)cc3)nc3sccc23)c1. The summed E-state index contributed by atoms with van der Waals surface area (Å²) < 4.78 is 6.12. The topological polar surface area (TPSA) is 82.6 Å². The van der Waals surface area contributed by atoms with Gasteiger partial charge in [-0.3, -0.25) is 4.79 Å². The molecule has 3 heterocycles. The zero-order valence-corrected chi connectivity index (χ0v) is 20.2. The molecule has 2 N–H and O–H groups in total. The lowest BCUT2D eigenvalue weighted by atomic mass is 10.2. The number of carbonyl (C=O) groups is 1. The summed E-state index contributed by atoms with van der Waals surface area (Å²) in [5.74, 6) is 1.17. The van der Waals surface area contributed by atoms with Gasteiger partial charge >= 0.3 is 0 Å².